The molecule has 1 amide bonds. The molecule has 0 aliphatic carbocycles. The summed E-state index contributed by atoms with van der Waals surface area (Å²) >= 11 is 0. The number of carbonyl (C=O) groups excluding carboxylic acids is 1. The smallest absolute Gasteiger partial charge is 0.269 e. The molecule has 1 saturated heterocycles. The minimum Gasteiger partial charge on any atom is -0.346 e. The van der Waals surface area contributed by atoms with Gasteiger partial charge in [0.25, 0.3) is 5.91 Å². The highest BCUT2D eigenvalue weighted by atomic mass is 35.5. The maximum absolute atomic E-state index is 12.3. The van der Waals surface area contributed by atoms with E-state index >= 15 is 0 Å². The van der Waals surface area contributed by atoms with Gasteiger partial charge in [-0.25, -0.2) is 0 Å². The van der Waals surface area contributed by atoms with Crippen LogP contribution >= 0.6 is 12.4 Å². The molecule has 22 heavy (non-hydrogen) atoms. The Hall–Kier alpha value is -1.85. The first-order valence-corrected chi connectivity index (χ1v) is 7.39. The van der Waals surface area contributed by atoms with Crippen molar-refractivity contribution >= 4 is 18.3 Å². The van der Waals surface area contributed by atoms with E-state index in [0.717, 1.165) is 30.6 Å². The zero-order chi connectivity index (χ0) is 14.7. The van der Waals surface area contributed by atoms with Crippen LogP contribution in [0.25, 0.3) is 11.3 Å². The molecule has 0 radical (unpaired) electrons. The molecule has 0 spiro atoms. The molecule has 3 N–H and O–H groups in total. The number of aromatic nitrogens is 2. The third-order valence-corrected chi connectivity index (χ3v) is 3.97. The maximum atomic E-state index is 12.3. The lowest BCUT2D eigenvalue weighted by atomic mass is 10.00. The molecule has 1 fully saturated rings. The van der Waals surface area contributed by atoms with Gasteiger partial charge in [0.2, 0.25) is 0 Å². The van der Waals surface area contributed by atoms with Gasteiger partial charge >= 0.3 is 0 Å². The molecule has 2 unspecified atom stereocenters. The summed E-state index contributed by atoms with van der Waals surface area (Å²) in [5, 5.41) is 13.5. The molecule has 5 nitrogen and oxygen atoms in total. The third kappa shape index (κ3) is 3.67. The first-order chi connectivity index (χ1) is 10.2. The zero-order valence-electron chi connectivity index (χ0n) is 12.5. The molecule has 0 bridgehead atoms. The standard InChI is InChI=1S/C16H20N4O.ClH/c1-11-13(8-5-9-17-11)18-16(21)15-10-14(19-20-15)12-6-3-2-4-7-12;/h2-4,6-7,10-11,13,17H,5,8-9H2,1H3,(H,18,21)(H,19,20);1H. The summed E-state index contributed by atoms with van der Waals surface area (Å²) in [5.41, 5.74) is 2.29. The Kier molecular flexibility index (Phi) is 5.57. The van der Waals surface area contributed by atoms with Crippen molar-refractivity contribution in [1.29, 1.82) is 0 Å². The van der Waals surface area contributed by atoms with E-state index in [9.17, 15) is 4.79 Å². The lowest BCUT2D eigenvalue weighted by Gasteiger charge is -2.30. The van der Waals surface area contributed by atoms with E-state index in [0.29, 0.717) is 11.7 Å². The molecule has 1 aromatic heterocycles. The van der Waals surface area contributed by atoms with Gasteiger partial charge in [-0.3, -0.25) is 9.89 Å². The van der Waals surface area contributed by atoms with Gasteiger partial charge in [0.15, 0.2) is 0 Å². The summed E-state index contributed by atoms with van der Waals surface area (Å²) in [7, 11) is 0. The van der Waals surface area contributed by atoms with Crippen molar-refractivity contribution in [2.75, 3.05) is 6.54 Å². The van der Waals surface area contributed by atoms with Crippen molar-refractivity contribution in [2.45, 2.75) is 31.8 Å². The van der Waals surface area contributed by atoms with Gasteiger partial charge in [-0.1, -0.05) is 30.3 Å². The van der Waals surface area contributed by atoms with Crippen LogP contribution in [-0.4, -0.2) is 34.7 Å². The predicted molar refractivity (Wildman–Crippen MR) is 89.2 cm³/mol. The molecule has 2 atom stereocenters. The van der Waals surface area contributed by atoms with Crippen molar-refractivity contribution in [1.82, 2.24) is 20.8 Å². The Balaban J connectivity index is 0.00000176. The van der Waals surface area contributed by atoms with Crippen LogP contribution in [0.4, 0.5) is 0 Å². The van der Waals surface area contributed by atoms with Gasteiger partial charge in [-0.2, -0.15) is 5.10 Å². The summed E-state index contributed by atoms with van der Waals surface area (Å²) in [6.07, 6.45) is 2.10. The Morgan fingerprint density at radius 2 is 2.09 bits per heavy atom. The van der Waals surface area contributed by atoms with Crippen LogP contribution in [0.5, 0.6) is 0 Å². The fourth-order valence-corrected chi connectivity index (χ4v) is 2.68. The predicted octanol–water partition coefficient (Wildman–Crippen LogP) is 2.37. The van der Waals surface area contributed by atoms with Crippen molar-refractivity contribution in [3.63, 3.8) is 0 Å². The zero-order valence-corrected chi connectivity index (χ0v) is 13.3. The monoisotopic (exact) mass is 320 g/mol. The van der Waals surface area contributed by atoms with Crippen LogP contribution < -0.4 is 10.6 Å². The van der Waals surface area contributed by atoms with E-state index < -0.39 is 0 Å². The number of H-pyrrole nitrogens is 1. The number of benzene rings is 1. The molecular weight excluding hydrogens is 300 g/mol. The molecule has 1 aliphatic rings. The van der Waals surface area contributed by atoms with Gasteiger partial charge in [0, 0.05) is 17.6 Å². The Labute approximate surface area is 136 Å². The fraction of sp³-hybridized carbons (Fsp3) is 0.375. The second-order valence-corrected chi connectivity index (χ2v) is 5.50. The minimum absolute atomic E-state index is 0. The van der Waals surface area contributed by atoms with Gasteiger partial charge in [0.05, 0.1) is 5.69 Å². The van der Waals surface area contributed by atoms with Crippen molar-refractivity contribution in [2.24, 2.45) is 0 Å². The molecule has 1 aliphatic heterocycles. The summed E-state index contributed by atoms with van der Waals surface area (Å²) in [6, 6.07) is 12.1. The summed E-state index contributed by atoms with van der Waals surface area (Å²) in [6.45, 7) is 3.13. The number of nitrogens with zero attached hydrogens (tertiary/aromatic N) is 1. The van der Waals surface area contributed by atoms with Gasteiger partial charge < -0.3 is 10.6 Å². The number of piperidine rings is 1. The van der Waals surface area contributed by atoms with Crippen molar-refractivity contribution in [3.05, 3.63) is 42.1 Å². The third-order valence-electron chi connectivity index (χ3n) is 3.97. The molecule has 6 heteroatoms. The molecular formula is C16H21ClN4O. The molecule has 3 rings (SSSR count). The Morgan fingerprint density at radius 1 is 1.32 bits per heavy atom. The Morgan fingerprint density at radius 3 is 2.82 bits per heavy atom. The van der Waals surface area contributed by atoms with Crippen LogP contribution in [0, 0.1) is 0 Å². The van der Waals surface area contributed by atoms with E-state index in [1.54, 1.807) is 6.07 Å². The van der Waals surface area contributed by atoms with Crippen molar-refractivity contribution in [3.8, 4) is 11.3 Å². The molecule has 2 heterocycles. The second-order valence-electron chi connectivity index (χ2n) is 5.50. The molecule has 0 saturated carbocycles. The number of carbonyl (C=O) groups is 1. The Bertz CT molecular complexity index is 614. The lowest BCUT2D eigenvalue weighted by molar-refractivity contribution is 0.0914. The highest BCUT2D eigenvalue weighted by Crippen LogP contribution is 2.17. The van der Waals surface area contributed by atoms with Crippen LogP contribution in [-0.2, 0) is 0 Å². The van der Waals surface area contributed by atoms with Crippen LogP contribution in [0.1, 0.15) is 30.3 Å². The highest BCUT2D eigenvalue weighted by molar-refractivity contribution is 5.93. The molecule has 2 aromatic rings. The van der Waals surface area contributed by atoms with E-state index in [4.69, 9.17) is 0 Å². The SMILES string of the molecule is CC1NCCCC1NC(=O)c1cc(-c2ccccc2)n[nH]1.Cl. The van der Waals surface area contributed by atoms with Gasteiger partial charge in [-0.05, 0) is 32.4 Å². The van der Waals surface area contributed by atoms with Gasteiger partial charge in [-0.15, -0.1) is 12.4 Å². The highest BCUT2D eigenvalue weighted by Gasteiger charge is 2.23. The van der Waals surface area contributed by atoms with E-state index in [2.05, 4.69) is 27.8 Å². The number of aromatic amines is 1. The number of hydrogen-bond acceptors (Lipinski definition) is 3. The van der Waals surface area contributed by atoms with Crippen molar-refractivity contribution < 1.29 is 4.79 Å². The lowest BCUT2D eigenvalue weighted by Crippen LogP contribution is -2.51. The maximum Gasteiger partial charge on any atom is 0.269 e. The number of halogens is 1. The first-order valence-electron chi connectivity index (χ1n) is 7.39. The summed E-state index contributed by atoms with van der Waals surface area (Å²) in [4.78, 5) is 12.3. The normalized spacial score (nSPS) is 21.0. The van der Waals surface area contributed by atoms with E-state index in [-0.39, 0.29) is 24.4 Å². The average molecular weight is 321 g/mol. The van der Waals surface area contributed by atoms with E-state index in [1.807, 2.05) is 30.3 Å². The fourth-order valence-electron chi connectivity index (χ4n) is 2.68. The number of hydrogen-bond donors (Lipinski definition) is 3. The number of amides is 1. The second kappa shape index (κ2) is 7.42. The minimum atomic E-state index is -0.0924. The topological polar surface area (TPSA) is 69.8 Å². The van der Waals surface area contributed by atoms with Crippen LogP contribution in [0.2, 0.25) is 0 Å². The molecule has 118 valence electrons. The van der Waals surface area contributed by atoms with Crippen LogP contribution in [0.15, 0.2) is 36.4 Å². The summed E-state index contributed by atoms with van der Waals surface area (Å²) < 4.78 is 0. The van der Waals surface area contributed by atoms with Gasteiger partial charge in [0.1, 0.15) is 5.69 Å². The number of rotatable bonds is 3. The first kappa shape index (κ1) is 16.5. The van der Waals surface area contributed by atoms with Crippen LogP contribution in [0.3, 0.4) is 0 Å². The quantitative estimate of drug-likeness (QED) is 0.813. The largest absolute Gasteiger partial charge is 0.346 e. The average Bonchev–Trinajstić information content (AvgIpc) is 3.00. The van der Waals surface area contributed by atoms with E-state index in [1.165, 1.54) is 0 Å². The number of nitrogens with one attached hydrogen (secondary N) is 3. The molecule has 1 aromatic carbocycles. The summed E-state index contributed by atoms with van der Waals surface area (Å²) in [5.74, 6) is -0.0924.